The molecule has 1 unspecified atom stereocenters. The Bertz CT molecular complexity index is 562. The molecule has 1 atom stereocenters. The molecule has 0 radical (unpaired) electrons. The number of nitro groups is 1. The molecular weight excluding hydrogens is 278 g/mol. The third kappa shape index (κ3) is 3.80. The zero-order valence-corrected chi connectivity index (χ0v) is 12.4. The number of rotatable bonds is 6. The first kappa shape index (κ1) is 16.7. The van der Waals surface area contributed by atoms with Crippen LogP contribution in [0.25, 0.3) is 0 Å². The van der Waals surface area contributed by atoms with Gasteiger partial charge in [-0.1, -0.05) is 13.8 Å². The van der Waals surface area contributed by atoms with Gasteiger partial charge in [-0.15, -0.1) is 0 Å². The predicted molar refractivity (Wildman–Crippen MR) is 75.2 cm³/mol. The van der Waals surface area contributed by atoms with Crippen molar-refractivity contribution in [1.29, 1.82) is 0 Å². The molecule has 21 heavy (non-hydrogen) atoms. The average molecular weight is 297 g/mol. The lowest BCUT2D eigenvalue weighted by molar-refractivity contribution is -0.384. The molecule has 8 heteroatoms. The largest absolute Gasteiger partial charge is 0.480 e. The van der Waals surface area contributed by atoms with Crippen molar-refractivity contribution in [1.82, 2.24) is 9.88 Å². The monoisotopic (exact) mass is 297 g/mol. The Kier molecular flexibility index (Phi) is 5.07. The summed E-state index contributed by atoms with van der Waals surface area (Å²) in [4.78, 5) is 33.5. The topological polar surface area (TPSA) is 114 Å². The normalized spacial score (nSPS) is 12.5. The minimum atomic E-state index is -1.14. The third-order valence-corrected chi connectivity index (χ3v) is 3.05. The lowest BCUT2D eigenvalue weighted by Gasteiger charge is -2.19. The summed E-state index contributed by atoms with van der Waals surface area (Å²) in [7, 11) is 0. The van der Waals surface area contributed by atoms with Crippen molar-refractivity contribution in [3.8, 4) is 0 Å². The predicted octanol–water partition coefficient (Wildman–Crippen LogP) is 1.82. The second-order valence-corrected chi connectivity index (χ2v) is 5.38. The summed E-state index contributed by atoms with van der Waals surface area (Å²) in [6.07, 6.45) is 1.27. The zero-order chi connectivity index (χ0) is 16.3. The van der Waals surface area contributed by atoms with Crippen molar-refractivity contribution in [2.75, 3.05) is 0 Å². The minimum Gasteiger partial charge on any atom is -0.480 e. The Morgan fingerprint density at radius 1 is 1.33 bits per heavy atom. The maximum absolute atomic E-state index is 12.2. The lowest BCUT2D eigenvalue weighted by Crippen LogP contribution is -2.44. The second-order valence-electron chi connectivity index (χ2n) is 5.38. The van der Waals surface area contributed by atoms with Crippen LogP contribution in [-0.4, -0.2) is 32.5 Å². The number of carbonyl (C=O) groups is 2. The Morgan fingerprint density at radius 2 is 1.90 bits per heavy atom. The summed E-state index contributed by atoms with van der Waals surface area (Å²) < 4.78 is 1.45. The van der Waals surface area contributed by atoms with Crippen LogP contribution in [0.15, 0.2) is 12.3 Å². The number of aliphatic carboxylic acids is 1. The fourth-order valence-corrected chi connectivity index (χ4v) is 1.90. The number of nitrogens with zero attached hydrogens (tertiary/aromatic N) is 2. The molecule has 1 rings (SSSR count). The molecule has 1 aromatic rings. The summed E-state index contributed by atoms with van der Waals surface area (Å²) in [6.45, 7) is 6.89. The molecule has 1 aromatic heterocycles. The van der Waals surface area contributed by atoms with E-state index in [1.165, 1.54) is 10.8 Å². The van der Waals surface area contributed by atoms with Crippen LogP contribution in [0.3, 0.4) is 0 Å². The van der Waals surface area contributed by atoms with E-state index in [1.54, 1.807) is 27.7 Å². The van der Waals surface area contributed by atoms with Gasteiger partial charge in [0.1, 0.15) is 11.7 Å². The van der Waals surface area contributed by atoms with Gasteiger partial charge in [0.05, 0.1) is 11.1 Å². The van der Waals surface area contributed by atoms with Gasteiger partial charge < -0.3 is 15.0 Å². The van der Waals surface area contributed by atoms with Crippen LogP contribution in [0.4, 0.5) is 5.69 Å². The number of carbonyl (C=O) groups excluding carboxylic acids is 1. The van der Waals surface area contributed by atoms with Crippen LogP contribution >= 0.6 is 0 Å². The Hall–Kier alpha value is -2.38. The van der Waals surface area contributed by atoms with Crippen molar-refractivity contribution in [3.63, 3.8) is 0 Å². The van der Waals surface area contributed by atoms with Crippen LogP contribution in [0, 0.1) is 16.0 Å². The summed E-state index contributed by atoms with van der Waals surface area (Å²) in [5.41, 5.74) is -0.131. The van der Waals surface area contributed by atoms with E-state index in [9.17, 15) is 19.7 Å². The highest BCUT2D eigenvalue weighted by Gasteiger charge is 2.27. The number of aromatic nitrogens is 1. The minimum absolute atomic E-state index is 0.0728. The standard InChI is InChI=1S/C13H19N3O5/c1-7(2)11(13(18)19)14-12(17)10-5-9(16(20)21)6-15(10)8(3)4/h5-8,11H,1-4H3,(H,14,17)(H,18,19). The first-order valence-electron chi connectivity index (χ1n) is 6.55. The summed E-state index contributed by atoms with van der Waals surface area (Å²) in [6, 6.07) is -0.0666. The van der Waals surface area contributed by atoms with Crippen LogP contribution in [0.5, 0.6) is 0 Å². The van der Waals surface area contributed by atoms with Gasteiger partial charge in [-0.2, -0.15) is 0 Å². The summed E-state index contributed by atoms with van der Waals surface area (Å²) in [5, 5.41) is 22.3. The molecule has 0 aliphatic carbocycles. The molecule has 1 amide bonds. The number of hydrogen-bond acceptors (Lipinski definition) is 4. The summed E-state index contributed by atoms with van der Waals surface area (Å²) in [5.74, 6) is -2.09. The fourth-order valence-electron chi connectivity index (χ4n) is 1.90. The number of nitrogens with one attached hydrogen (secondary N) is 1. The smallest absolute Gasteiger partial charge is 0.326 e. The molecule has 0 aliphatic heterocycles. The second kappa shape index (κ2) is 6.38. The molecule has 0 saturated carbocycles. The zero-order valence-electron chi connectivity index (χ0n) is 12.4. The van der Waals surface area contributed by atoms with E-state index in [-0.39, 0.29) is 23.3 Å². The maximum Gasteiger partial charge on any atom is 0.326 e. The Balaban J connectivity index is 3.11. The molecule has 116 valence electrons. The summed E-state index contributed by atoms with van der Waals surface area (Å²) >= 11 is 0. The molecule has 0 fully saturated rings. The highest BCUT2D eigenvalue weighted by Crippen LogP contribution is 2.21. The van der Waals surface area contributed by atoms with Crippen molar-refractivity contribution in [3.05, 3.63) is 28.1 Å². The van der Waals surface area contributed by atoms with Crippen molar-refractivity contribution in [2.45, 2.75) is 39.8 Å². The van der Waals surface area contributed by atoms with Crippen molar-refractivity contribution >= 4 is 17.6 Å². The Morgan fingerprint density at radius 3 is 2.29 bits per heavy atom. The van der Waals surface area contributed by atoms with E-state index in [1.807, 2.05) is 0 Å². The SMILES string of the molecule is CC(C)C(NC(=O)c1cc([N+](=O)[O-])cn1C(C)C)C(=O)O. The van der Waals surface area contributed by atoms with Crippen LogP contribution < -0.4 is 5.32 Å². The van der Waals surface area contributed by atoms with Crippen LogP contribution in [0.1, 0.15) is 44.2 Å². The van der Waals surface area contributed by atoms with E-state index >= 15 is 0 Å². The molecule has 8 nitrogen and oxygen atoms in total. The number of carboxylic acid groups (broad SMARTS) is 1. The average Bonchev–Trinajstić information content (AvgIpc) is 2.80. The molecule has 2 N–H and O–H groups in total. The van der Waals surface area contributed by atoms with Gasteiger partial charge in [-0.3, -0.25) is 14.9 Å². The highest BCUT2D eigenvalue weighted by atomic mass is 16.6. The van der Waals surface area contributed by atoms with Gasteiger partial charge in [-0.25, -0.2) is 4.79 Å². The number of carboxylic acids is 1. The highest BCUT2D eigenvalue weighted by molar-refractivity contribution is 5.96. The molecular formula is C13H19N3O5. The first-order chi connectivity index (χ1) is 9.65. The molecule has 0 aliphatic rings. The molecule has 1 heterocycles. The maximum atomic E-state index is 12.2. The van der Waals surface area contributed by atoms with Gasteiger partial charge in [0.2, 0.25) is 0 Å². The van der Waals surface area contributed by atoms with E-state index in [0.29, 0.717) is 0 Å². The quantitative estimate of drug-likeness (QED) is 0.614. The van der Waals surface area contributed by atoms with Gasteiger partial charge in [0, 0.05) is 12.1 Å². The van der Waals surface area contributed by atoms with Gasteiger partial charge in [0.25, 0.3) is 11.6 Å². The fraction of sp³-hybridized carbons (Fsp3) is 0.538. The van der Waals surface area contributed by atoms with Gasteiger partial charge in [0.15, 0.2) is 0 Å². The number of hydrogen-bond donors (Lipinski definition) is 2. The number of amides is 1. The lowest BCUT2D eigenvalue weighted by atomic mass is 10.0. The molecule has 0 aromatic carbocycles. The van der Waals surface area contributed by atoms with Crippen LogP contribution in [0.2, 0.25) is 0 Å². The van der Waals surface area contributed by atoms with E-state index < -0.39 is 22.8 Å². The van der Waals surface area contributed by atoms with E-state index in [2.05, 4.69) is 5.32 Å². The van der Waals surface area contributed by atoms with Crippen molar-refractivity contribution < 1.29 is 19.6 Å². The van der Waals surface area contributed by atoms with Crippen molar-refractivity contribution in [2.24, 2.45) is 5.92 Å². The molecule has 0 spiro atoms. The van der Waals surface area contributed by atoms with Crippen LogP contribution in [-0.2, 0) is 4.79 Å². The first-order valence-corrected chi connectivity index (χ1v) is 6.55. The van der Waals surface area contributed by atoms with Gasteiger partial charge in [-0.05, 0) is 19.8 Å². The van der Waals surface area contributed by atoms with E-state index in [0.717, 1.165) is 6.07 Å². The van der Waals surface area contributed by atoms with E-state index in [4.69, 9.17) is 5.11 Å². The molecule has 0 bridgehead atoms. The Labute approximate surface area is 121 Å². The van der Waals surface area contributed by atoms with Gasteiger partial charge >= 0.3 is 5.97 Å². The molecule has 0 saturated heterocycles. The third-order valence-electron chi connectivity index (χ3n) is 3.05.